The van der Waals surface area contributed by atoms with E-state index in [-0.39, 0.29) is 5.92 Å². The summed E-state index contributed by atoms with van der Waals surface area (Å²) in [6.45, 7) is 9.05. The van der Waals surface area contributed by atoms with Crippen LogP contribution in [0.1, 0.15) is 56.7 Å². The summed E-state index contributed by atoms with van der Waals surface area (Å²) in [6, 6.07) is 17.5. The number of aromatic nitrogens is 6. The second-order valence-corrected chi connectivity index (χ2v) is 11.3. The fourth-order valence-electron chi connectivity index (χ4n) is 5.92. The molecule has 0 amide bonds. The molecule has 0 aliphatic carbocycles. The molecule has 4 aromatic carbocycles. The van der Waals surface area contributed by atoms with Gasteiger partial charge in [-0.1, -0.05) is 52.0 Å². The first-order valence-corrected chi connectivity index (χ1v) is 13.8. The molecule has 1 aliphatic heterocycles. The number of benzene rings is 4. The average Bonchev–Trinajstić information content (AvgIpc) is 3.63. The third kappa shape index (κ3) is 3.30. The summed E-state index contributed by atoms with van der Waals surface area (Å²) in [4.78, 5) is 18.1. The van der Waals surface area contributed by atoms with E-state index in [4.69, 9.17) is 19.7 Å². The Morgan fingerprint density at radius 2 is 1.50 bits per heavy atom. The van der Waals surface area contributed by atoms with E-state index in [1.54, 1.807) is 0 Å². The van der Waals surface area contributed by atoms with Crippen molar-refractivity contribution < 1.29 is 4.74 Å². The van der Waals surface area contributed by atoms with Crippen molar-refractivity contribution in [2.45, 2.75) is 46.1 Å². The lowest BCUT2D eigenvalue weighted by Crippen LogP contribution is -2.06. The van der Waals surface area contributed by atoms with E-state index in [0.717, 1.165) is 77.7 Å². The Balaban J connectivity index is 1.27. The lowest BCUT2D eigenvalue weighted by molar-refractivity contribution is 0.305. The van der Waals surface area contributed by atoms with Crippen LogP contribution in [0.5, 0.6) is 5.75 Å². The highest BCUT2D eigenvalue weighted by molar-refractivity contribution is 6.23. The van der Waals surface area contributed by atoms with Gasteiger partial charge in [0.2, 0.25) is 0 Å². The number of nitrogens with one attached hydrogen (secondary N) is 2. The molecule has 0 bridgehead atoms. The maximum atomic E-state index is 6.34. The SMILES string of the molecule is CC(C)c1nc2c3ccc(-c4ccc5c(c4)COc4c-5ccc5[nH]c(C(C)C)nc45)cc3c3c[nH]ncc3c2n1. The van der Waals surface area contributed by atoms with Gasteiger partial charge in [0.1, 0.15) is 29.3 Å². The molecule has 0 saturated heterocycles. The van der Waals surface area contributed by atoms with Gasteiger partial charge in [-0.05, 0) is 51.9 Å². The number of nitrogens with zero attached hydrogens (tertiary/aromatic N) is 4. The second kappa shape index (κ2) is 8.36. The van der Waals surface area contributed by atoms with Crippen molar-refractivity contribution in [3.63, 3.8) is 0 Å². The lowest BCUT2D eigenvalue weighted by Gasteiger charge is -2.22. The van der Waals surface area contributed by atoms with E-state index in [2.05, 4.69) is 91.4 Å². The van der Waals surface area contributed by atoms with E-state index in [0.29, 0.717) is 12.5 Å². The van der Waals surface area contributed by atoms with Crippen LogP contribution in [0.15, 0.2) is 60.9 Å². The number of aromatic amines is 2. The van der Waals surface area contributed by atoms with Gasteiger partial charge in [-0.3, -0.25) is 5.10 Å². The van der Waals surface area contributed by atoms with Crippen molar-refractivity contribution in [1.82, 2.24) is 30.1 Å². The molecule has 40 heavy (non-hydrogen) atoms. The van der Waals surface area contributed by atoms with Crippen molar-refractivity contribution in [3.8, 4) is 28.0 Å². The van der Waals surface area contributed by atoms with E-state index >= 15 is 0 Å². The number of hydrogen-bond acceptors (Lipinski definition) is 5. The Morgan fingerprint density at radius 3 is 2.33 bits per heavy atom. The first-order chi connectivity index (χ1) is 19.5. The zero-order valence-corrected chi connectivity index (χ0v) is 22.8. The number of fused-ring (bicyclic) bond motifs is 11. The van der Waals surface area contributed by atoms with Gasteiger partial charge in [0.05, 0.1) is 17.2 Å². The number of H-pyrrole nitrogens is 2. The Labute approximate surface area is 230 Å². The molecule has 0 fully saturated rings. The average molecular weight is 525 g/mol. The van der Waals surface area contributed by atoms with Crippen LogP contribution < -0.4 is 4.74 Å². The molecule has 7 heteroatoms. The molecule has 7 nitrogen and oxygen atoms in total. The van der Waals surface area contributed by atoms with Gasteiger partial charge in [0.25, 0.3) is 0 Å². The van der Waals surface area contributed by atoms with Crippen LogP contribution in [-0.2, 0) is 6.61 Å². The zero-order chi connectivity index (χ0) is 27.1. The first-order valence-electron chi connectivity index (χ1n) is 13.8. The summed E-state index contributed by atoms with van der Waals surface area (Å²) in [5, 5.41) is 11.7. The lowest BCUT2D eigenvalue weighted by atomic mass is 9.91. The fraction of sp³-hybridized carbons (Fsp3) is 0.212. The summed E-state index contributed by atoms with van der Waals surface area (Å²) in [5.41, 5.74) is 9.53. The molecule has 8 rings (SSSR count). The molecule has 2 N–H and O–H groups in total. The van der Waals surface area contributed by atoms with Crippen LogP contribution in [0.2, 0.25) is 0 Å². The van der Waals surface area contributed by atoms with Crippen LogP contribution in [0.25, 0.3) is 65.9 Å². The third-order valence-electron chi connectivity index (χ3n) is 8.05. The topological polar surface area (TPSA) is 92.4 Å². The van der Waals surface area contributed by atoms with Crippen LogP contribution in [-0.4, -0.2) is 30.1 Å². The summed E-state index contributed by atoms with van der Waals surface area (Å²) in [6.07, 6.45) is 3.82. The van der Waals surface area contributed by atoms with Crippen molar-refractivity contribution in [2.24, 2.45) is 0 Å². The molecule has 0 radical (unpaired) electrons. The summed E-state index contributed by atoms with van der Waals surface area (Å²) >= 11 is 0. The van der Waals surface area contributed by atoms with Crippen molar-refractivity contribution >= 4 is 43.6 Å². The second-order valence-electron chi connectivity index (χ2n) is 11.3. The summed E-state index contributed by atoms with van der Waals surface area (Å²) in [5.74, 6) is 3.29. The molecule has 0 unspecified atom stereocenters. The monoisotopic (exact) mass is 524 g/mol. The number of imidazole rings is 2. The maximum absolute atomic E-state index is 6.34. The zero-order valence-electron chi connectivity index (χ0n) is 22.8. The van der Waals surface area contributed by atoms with Crippen LogP contribution in [0.3, 0.4) is 0 Å². The highest BCUT2D eigenvalue weighted by Gasteiger charge is 2.23. The van der Waals surface area contributed by atoms with Crippen molar-refractivity contribution in [2.75, 3.05) is 0 Å². The minimum absolute atomic E-state index is 0.254. The van der Waals surface area contributed by atoms with Gasteiger partial charge in [-0.2, -0.15) is 5.10 Å². The van der Waals surface area contributed by atoms with E-state index < -0.39 is 0 Å². The molecule has 196 valence electrons. The van der Waals surface area contributed by atoms with Crippen LogP contribution in [0, 0.1) is 0 Å². The number of hydrogen-bond donors (Lipinski definition) is 2. The van der Waals surface area contributed by atoms with E-state index in [1.807, 2.05) is 12.4 Å². The normalized spacial score (nSPS) is 13.1. The molecule has 0 saturated carbocycles. The predicted octanol–water partition coefficient (Wildman–Crippen LogP) is 8.01. The van der Waals surface area contributed by atoms with Crippen molar-refractivity contribution in [3.05, 3.63) is 78.1 Å². The Kier molecular flexibility index (Phi) is 4.83. The Morgan fingerprint density at radius 1 is 0.725 bits per heavy atom. The predicted molar refractivity (Wildman–Crippen MR) is 160 cm³/mol. The Bertz CT molecular complexity index is 2140. The van der Waals surface area contributed by atoms with Gasteiger partial charge in [0.15, 0.2) is 5.75 Å². The minimum Gasteiger partial charge on any atom is -0.486 e. The van der Waals surface area contributed by atoms with Gasteiger partial charge in [0, 0.05) is 39.8 Å². The van der Waals surface area contributed by atoms with Crippen LogP contribution >= 0.6 is 0 Å². The molecule has 4 heterocycles. The molecule has 7 aromatic rings. The van der Waals surface area contributed by atoms with E-state index in [9.17, 15) is 0 Å². The summed E-state index contributed by atoms with van der Waals surface area (Å²) in [7, 11) is 0. The summed E-state index contributed by atoms with van der Waals surface area (Å²) < 4.78 is 6.34. The highest BCUT2D eigenvalue weighted by atomic mass is 16.5. The quantitative estimate of drug-likeness (QED) is 0.228. The minimum atomic E-state index is 0.254. The molecule has 1 aliphatic rings. The molecule has 0 atom stereocenters. The Hall–Kier alpha value is -4.78. The standard InChI is InChI=1S/C33H28N6O/c1-16(2)32-36-27-10-9-23-21-7-5-18(11-20(21)15-40-31(23)30(27)39-32)19-6-8-22-24(12-19)25-13-34-35-14-26(25)29-28(22)37-33(38-29)17(3)4/h5-14,16-17,34H,15H2,1-4H3,(H,36,39). The smallest absolute Gasteiger partial charge is 0.155 e. The number of rotatable bonds is 3. The van der Waals surface area contributed by atoms with Gasteiger partial charge < -0.3 is 9.72 Å². The van der Waals surface area contributed by atoms with Crippen molar-refractivity contribution in [1.29, 1.82) is 0 Å². The fourth-order valence-corrected chi connectivity index (χ4v) is 5.92. The van der Waals surface area contributed by atoms with Gasteiger partial charge >= 0.3 is 0 Å². The van der Waals surface area contributed by atoms with Gasteiger partial charge in [-0.15, -0.1) is 0 Å². The molecular weight excluding hydrogens is 496 g/mol. The van der Waals surface area contributed by atoms with Gasteiger partial charge in [-0.25, -0.2) is 15.0 Å². The largest absolute Gasteiger partial charge is 0.486 e. The highest BCUT2D eigenvalue weighted by Crippen LogP contribution is 2.43. The molecular formula is C33H28N6O. The molecule has 3 aromatic heterocycles. The van der Waals surface area contributed by atoms with Crippen LogP contribution in [0.4, 0.5) is 0 Å². The third-order valence-corrected chi connectivity index (χ3v) is 8.05. The maximum Gasteiger partial charge on any atom is 0.155 e. The molecule has 0 spiro atoms. The number of ether oxygens (including phenoxy) is 1. The van der Waals surface area contributed by atoms with E-state index in [1.165, 1.54) is 11.1 Å². The first kappa shape index (κ1) is 23.1.